The van der Waals surface area contributed by atoms with Gasteiger partial charge < -0.3 is 4.74 Å². The minimum atomic E-state index is -4.57. The predicted octanol–water partition coefficient (Wildman–Crippen LogP) is 4.69. The molecule has 2 aromatic rings. The molecular formula is C18H15BrF3NO2. The molecule has 0 aliphatic carbocycles. The summed E-state index contributed by atoms with van der Waals surface area (Å²) in [5.41, 5.74) is -1.71. The smallest absolute Gasteiger partial charge is 0.416 e. The molecule has 7 heteroatoms. The van der Waals surface area contributed by atoms with Crippen molar-refractivity contribution in [2.75, 3.05) is 5.33 Å². The molecule has 0 radical (unpaired) electrons. The van der Waals surface area contributed by atoms with Crippen LogP contribution >= 0.6 is 15.9 Å². The van der Waals surface area contributed by atoms with Gasteiger partial charge in [-0.2, -0.15) is 13.2 Å². The lowest BCUT2D eigenvalue weighted by atomic mass is 9.89. The van der Waals surface area contributed by atoms with Gasteiger partial charge in [0.1, 0.15) is 11.4 Å². The Balaban J connectivity index is 2.42. The van der Waals surface area contributed by atoms with E-state index in [4.69, 9.17) is 7.48 Å². The van der Waals surface area contributed by atoms with Gasteiger partial charge in [0, 0.05) is 28.7 Å². The largest absolute Gasteiger partial charge is 0.483 e. The zero-order valence-electron chi connectivity index (χ0n) is 15.4. The maximum absolute atomic E-state index is 13.2. The summed E-state index contributed by atoms with van der Waals surface area (Å²) >= 11 is 3.32. The zero-order valence-corrected chi connectivity index (χ0v) is 15.0. The number of benzene rings is 1. The van der Waals surface area contributed by atoms with Gasteiger partial charge in [-0.25, -0.2) is 0 Å². The molecule has 1 aromatic heterocycles. The number of hydrogen-bond donors (Lipinski definition) is 0. The van der Waals surface area contributed by atoms with Crippen LogP contribution in [0.4, 0.5) is 13.2 Å². The van der Waals surface area contributed by atoms with E-state index in [0.717, 1.165) is 28.8 Å². The minimum Gasteiger partial charge on any atom is -0.483 e. The molecule has 0 saturated heterocycles. The van der Waals surface area contributed by atoms with E-state index in [-0.39, 0.29) is 34.6 Å². The third kappa shape index (κ3) is 3.13. The van der Waals surface area contributed by atoms with Gasteiger partial charge in [0.2, 0.25) is 0 Å². The third-order valence-corrected chi connectivity index (χ3v) is 4.56. The fourth-order valence-corrected chi connectivity index (χ4v) is 3.70. The number of rotatable bonds is 2. The van der Waals surface area contributed by atoms with Crippen LogP contribution in [-0.4, -0.2) is 15.5 Å². The van der Waals surface area contributed by atoms with Crippen LogP contribution in [0.15, 0.2) is 52.9 Å². The molecule has 25 heavy (non-hydrogen) atoms. The van der Waals surface area contributed by atoms with Crippen molar-refractivity contribution in [3.8, 4) is 5.75 Å². The molecule has 3 rings (SSSR count). The van der Waals surface area contributed by atoms with Gasteiger partial charge in [-0.05, 0) is 38.1 Å². The number of halogens is 4. The standard InChI is InChI=1S/C18H15BrF3NO2/c1-17(2)13(10-19)16(23-8-4-3-5-15(23)24)12-9-11(18(20,21)22)6-7-14(12)25-17/h3-9H,10H2,1-2H3/i3T,8T. The minimum absolute atomic E-state index is 0.0759. The number of ether oxygens (including phenoxy) is 1. The van der Waals surface area contributed by atoms with Crippen LogP contribution in [0.1, 0.15) is 27.7 Å². The van der Waals surface area contributed by atoms with Crippen LogP contribution in [0, 0.1) is 0 Å². The number of fused-ring (bicyclic) bond motifs is 1. The monoisotopic (exact) mass is 417 g/mol. The van der Waals surface area contributed by atoms with Crippen LogP contribution in [0.25, 0.3) is 5.70 Å². The number of nitrogens with zero attached hydrogens (tertiary/aromatic N) is 1. The molecule has 132 valence electrons. The molecule has 0 fully saturated rings. The van der Waals surface area contributed by atoms with Crippen molar-refractivity contribution in [3.63, 3.8) is 0 Å². The van der Waals surface area contributed by atoms with Crippen molar-refractivity contribution in [1.82, 2.24) is 4.57 Å². The van der Waals surface area contributed by atoms with E-state index in [0.29, 0.717) is 5.57 Å². The van der Waals surface area contributed by atoms with E-state index in [1.54, 1.807) is 13.8 Å². The summed E-state index contributed by atoms with van der Waals surface area (Å²) in [6.45, 7) is 3.47. The number of aromatic nitrogens is 1. The Labute approximate surface area is 153 Å². The summed E-state index contributed by atoms with van der Waals surface area (Å²) in [7, 11) is 0. The zero-order chi connectivity index (χ0) is 20.1. The second-order valence-corrected chi connectivity index (χ2v) is 6.60. The highest BCUT2D eigenvalue weighted by Gasteiger charge is 2.38. The molecule has 0 saturated carbocycles. The van der Waals surface area contributed by atoms with E-state index in [2.05, 4.69) is 15.9 Å². The molecule has 0 amide bonds. The van der Waals surface area contributed by atoms with Crippen LogP contribution < -0.4 is 10.3 Å². The summed E-state index contributed by atoms with van der Waals surface area (Å²) < 4.78 is 62.3. The topological polar surface area (TPSA) is 31.2 Å². The summed E-state index contributed by atoms with van der Waals surface area (Å²) in [6, 6.07) is 5.10. The van der Waals surface area contributed by atoms with Crippen LogP contribution in [0.5, 0.6) is 5.75 Å². The first-order chi connectivity index (χ1) is 12.5. The summed E-state index contributed by atoms with van der Waals surface area (Å²) in [6.07, 6.45) is -4.86. The Morgan fingerprint density at radius 1 is 1.32 bits per heavy atom. The molecular weight excluding hydrogens is 399 g/mol. The Kier molecular flexibility index (Phi) is 3.69. The molecule has 0 spiro atoms. The van der Waals surface area contributed by atoms with E-state index in [9.17, 15) is 18.0 Å². The predicted molar refractivity (Wildman–Crippen MR) is 93.0 cm³/mol. The molecule has 1 aliphatic rings. The highest BCUT2D eigenvalue weighted by molar-refractivity contribution is 9.09. The highest BCUT2D eigenvalue weighted by Crippen LogP contribution is 2.43. The Morgan fingerprint density at radius 2 is 2.04 bits per heavy atom. The second-order valence-electron chi connectivity index (χ2n) is 6.04. The average Bonchev–Trinajstić information content (AvgIpc) is 2.51. The number of hydrogen-bond acceptors (Lipinski definition) is 2. The van der Waals surface area contributed by atoms with Gasteiger partial charge in [-0.1, -0.05) is 22.0 Å². The van der Waals surface area contributed by atoms with Crippen molar-refractivity contribution < 1.29 is 20.6 Å². The lowest BCUT2D eigenvalue weighted by Gasteiger charge is -2.37. The maximum Gasteiger partial charge on any atom is 0.416 e. The normalized spacial score (nSPS) is 17.5. The lowest BCUT2D eigenvalue weighted by Crippen LogP contribution is -2.38. The van der Waals surface area contributed by atoms with E-state index in [1.807, 2.05) is 0 Å². The fourth-order valence-electron chi connectivity index (χ4n) is 2.76. The van der Waals surface area contributed by atoms with Gasteiger partial charge in [0.25, 0.3) is 5.56 Å². The molecule has 3 nitrogen and oxygen atoms in total. The maximum atomic E-state index is 13.2. The van der Waals surface area contributed by atoms with Crippen LogP contribution in [-0.2, 0) is 6.18 Å². The molecule has 1 aliphatic heterocycles. The van der Waals surface area contributed by atoms with Crippen molar-refractivity contribution in [1.29, 1.82) is 0 Å². The first-order valence-electron chi connectivity index (χ1n) is 8.36. The van der Waals surface area contributed by atoms with E-state index >= 15 is 0 Å². The van der Waals surface area contributed by atoms with Crippen LogP contribution in [0.3, 0.4) is 0 Å². The Morgan fingerprint density at radius 3 is 2.64 bits per heavy atom. The summed E-state index contributed by atoms with van der Waals surface area (Å²) in [5, 5.41) is 0.222. The van der Waals surface area contributed by atoms with Gasteiger partial charge >= 0.3 is 6.18 Å². The first-order valence-corrected chi connectivity index (χ1v) is 8.49. The quantitative estimate of drug-likeness (QED) is 0.663. The molecule has 0 N–H and O–H groups in total. The van der Waals surface area contributed by atoms with Crippen LogP contribution in [0.2, 0.25) is 0 Å². The Bertz CT molecular complexity index is 1010. The van der Waals surface area contributed by atoms with Crippen molar-refractivity contribution >= 4 is 21.6 Å². The van der Waals surface area contributed by atoms with E-state index < -0.39 is 22.9 Å². The number of alkyl halides is 4. The molecule has 2 heterocycles. The SMILES string of the molecule is [3H]c1cc([3H])n(C2=C(CBr)C(C)(C)Oc3ccc(C(F)(F)F)cc32)c(=O)c1. The van der Waals surface area contributed by atoms with Gasteiger partial charge in [-0.3, -0.25) is 9.36 Å². The van der Waals surface area contributed by atoms with Gasteiger partial charge in [0.15, 0.2) is 0 Å². The molecule has 0 atom stereocenters. The van der Waals surface area contributed by atoms with Crippen molar-refractivity contribution in [2.24, 2.45) is 0 Å². The van der Waals surface area contributed by atoms with Crippen molar-refractivity contribution in [2.45, 2.75) is 25.6 Å². The molecule has 1 aromatic carbocycles. The third-order valence-electron chi connectivity index (χ3n) is 4.00. The second kappa shape index (κ2) is 6.05. The Hall–Kier alpha value is -2.02. The highest BCUT2D eigenvalue weighted by atomic mass is 79.9. The average molecular weight is 418 g/mol. The molecule has 0 bridgehead atoms. The fraction of sp³-hybridized carbons (Fsp3) is 0.278. The summed E-state index contributed by atoms with van der Waals surface area (Å²) in [5.74, 6) is 0.189. The number of pyridine rings is 1. The van der Waals surface area contributed by atoms with Gasteiger partial charge in [0.05, 0.1) is 14.0 Å². The lowest BCUT2D eigenvalue weighted by molar-refractivity contribution is -0.137. The van der Waals surface area contributed by atoms with E-state index in [1.165, 1.54) is 6.07 Å². The van der Waals surface area contributed by atoms with Crippen molar-refractivity contribution in [3.05, 3.63) is 69.6 Å². The first kappa shape index (κ1) is 15.3. The van der Waals surface area contributed by atoms with Gasteiger partial charge in [-0.15, -0.1) is 0 Å². The molecule has 0 unspecified atom stereocenters. The summed E-state index contributed by atoms with van der Waals surface area (Å²) in [4.78, 5) is 12.5.